The van der Waals surface area contributed by atoms with Crippen LogP contribution in [0.15, 0.2) is 23.8 Å². The number of anilines is 1. The molecule has 0 atom stereocenters. The molecule has 0 unspecified atom stereocenters. The fourth-order valence-electron chi connectivity index (χ4n) is 0.763. The molecule has 0 aliphatic heterocycles. The van der Waals surface area contributed by atoms with Gasteiger partial charge in [0.25, 0.3) is 0 Å². The van der Waals surface area contributed by atoms with Crippen molar-refractivity contribution in [3.05, 3.63) is 24.5 Å². The van der Waals surface area contributed by atoms with E-state index in [-0.39, 0.29) is 0 Å². The molecular weight excluding hydrogens is 138 g/mol. The quantitative estimate of drug-likeness (QED) is 0.646. The molecule has 1 aromatic heterocycles. The van der Waals surface area contributed by atoms with E-state index in [4.69, 9.17) is 5.73 Å². The molecular formula is C8H9N3. The van der Waals surface area contributed by atoms with Gasteiger partial charge in [-0.1, -0.05) is 6.58 Å². The van der Waals surface area contributed by atoms with E-state index in [2.05, 4.69) is 23.3 Å². The van der Waals surface area contributed by atoms with Crippen molar-refractivity contribution in [1.82, 2.24) is 4.98 Å². The van der Waals surface area contributed by atoms with Crippen LogP contribution in [0.1, 0.15) is 5.69 Å². The molecule has 0 aromatic carbocycles. The maximum atomic E-state index is 5.47. The maximum absolute atomic E-state index is 5.47. The first-order valence-corrected chi connectivity index (χ1v) is 3.12. The number of nitrogens with zero attached hydrogens (tertiary/aromatic N) is 2. The van der Waals surface area contributed by atoms with E-state index in [1.54, 1.807) is 18.3 Å². The van der Waals surface area contributed by atoms with Crippen LogP contribution in [0, 0.1) is 0 Å². The van der Waals surface area contributed by atoms with Gasteiger partial charge in [-0.2, -0.15) is 0 Å². The lowest BCUT2D eigenvalue weighted by molar-refractivity contribution is 1.28. The molecule has 0 spiro atoms. The molecule has 11 heavy (non-hydrogen) atoms. The molecule has 3 heteroatoms. The Morgan fingerprint density at radius 3 is 2.91 bits per heavy atom. The van der Waals surface area contributed by atoms with Crippen LogP contribution in [0.3, 0.4) is 0 Å². The lowest BCUT2D eigenvalue weighted by Gasteiger charge is -1.98. The largest absolute Gasteiger partial charge is 0.397 e. The molecule has 0 fully saturated rings. The standard InChI is InChI=1S/C8H9N3/c1-3-7-8(10-2)4-6(9)5-11-7/h3-5H,1-2,9H2. The highest BCUT2D eigenvalue weighted by atomic mass is 14.8. The molecule has 0 bridgehead atoms. The van der Waals surface area contributed by atoms with Crippen molar-refractivity contribution in [2.45, 2.75) is 0 Å². The van der Waals surface area contributed by atoms with Gasteiger partial charge >= 0.3 is 0 Å². The summed E-state index contributed by atoms with van der Waals surface area (Å²) in [6, 6.07) is 1.71. The molecule has 0 aliphatic carbocycles. The third-order valence-corrected chi connectivity index (χ3v) is 1.28. The monoisotopic (exact) mass is 147 g/mol. The Kier molecular flexibility index (Phi) is 2.01. The van der Waals surface area contributed by atoms with Crippen LogP contribution in [-0.2, 0) is 0 Å². The van der Waals surface area contributed by atoms with Gasteiger partial charge in [0.2, 0.25) is 0 Å². The second-order valence-corrected chi connectivity index (χ2v) is 2.04. The first kappa shape index (κ1) is 7.47. The van der Waals surface area contributed by atoms with Crippen molar-refractivity contribution in [1.29, 1.82) is 0 Å². The summed E-state index contributed by atoms with van der Waals surface area (Å²) in [5.74, 6) is 0. The molecule has 0 amide bonds. The van der Waals surface area contributed by atoms with E-state index >= 15 is 0 Å². The zero-order valence-corrected chi connectivity index (χ0v) is 6.12. The van der Waals surface area contributed by atoms with Crippen molar-refractivity contribution in [2.75, 3.05) is 5.73 Å². The SMILES string of the molecule is C=Cc1ncc(N)cc1N=C. The highest BCUT2D eigenvalue weighted by Gasteiger charge is 1.96. The topological polar surface area (TPSA) is 51.3 Å². The number of nitrogens with two attached hydrogens (primary N) is 1. The minimum atomic E-state index is 0.581. The predicted molar refractivity (Wildman–Crippen MR) is 47.9 cm³/mol. The van der Waals surface area contributed by atoms with Crippen LogP contribution < -0.4 is 5.73 Å². The highest BCUT2D eigenvalue weighted by molar-refractivity contribution is 5.64. The van der Waals surface area contributed by atoms with E-state index in [0.29, 0.717) is 17.1 Å². The van der Waals surface area contributed by atoms with Gasteiger partial charge in [-0.05, 0) is 18.9 Å². The van der Waals surface area contributed by atoms with E-state index in [9.17, 15) is 0 Å². The Hall–Kier alpha value is -1.64. The minimum absolute atomic E-state index is 0.581. The molecule has 3 nitrogen and oxygen atoms in total. The number of rotatable bonds is 2. The van der Waals surface area contributed by atoms with Crippen LogP contribution in [0.5, 0.6) is 0 Å². The molecule has 1 aromatic rings. The number of nitrogen functional groups attached to an aromatic ring is 1. The van der Waals surface area contributed by atoms with Gasteiger partial charge < -0.3 is 5.73 Å². The Labute approximate surface area is 65.3 Å². The molecule has 0 saturated heterocycles. The third-order valence-electron chi connectivity index (χ3n) is 1.28. The van der Waals surface area contributed by atoms with E-state index in [1.807, 2.05) is 0 Å². The van der Waals surface area contributed by atoms with Crippen molar-refractivity contribution >= 4 is 24.2 Å². The van der Waals surface area contributed by atoms with E-state index in [0.717, 1.165) is 0 Å². The van der Waals surface area contributed by atoms with Gasteiger partial charge in [-0.25, -0.2) is 0 Å². The summed E-state index contributed by atoms with van der Waals surface area (Å²) in [5, 5.41) is 0. The van der Waals surface area contributed by atoms with E-state index in [1.165, 1.54) is 0 Å². The van der Waals surface area contributed by atoms with Gasteiger partial charge in [0.15, 0.2) is 0 Å². The lowest BCUT2D eigenvalue weighted by atomic mass is 10.3. The average molecular weight is 147 g/mol. The molecule has 0 radical (unpaired) electrons. The third kappa shape index (κ3) is 1.43. The van der Waals surface area contributed by atoms with Gasteiger partial charge in [0.05, 0.1) is 23.3 Å². The summed E-state index contributed by atoms with van der Waals surface area (Å²) in [6.45, 7) is 6.97. The van der Waals surface area contributed by atoms with Crippen LogP contribution in [0.25, 0.3) is 6.08 Å². The molecule has 1 rings (SSSR count). The van der Waals surface area contributed by atoms with E-state index < -0.39 is 0 Å². The Morgan fingerprint density at radius 2 is 2.36 bits per heavy atom. The fraction of sp³-hybridized carbons (Fsp3) is 0. The Morgan fingerprint density at radius 1 is 1.64 bits per heavy atom. The summed E-state index contributed by atoms with van der Waals surface area (Å²) in [6.07, 6.45) is 3.18. The van der Waals surface area contributed by atoms with Gasteiger partial charge in [0, 0.05) is 0 Å². The number of hydrogen-bond acceptors (Lipinski definition) is 3. The number of hydrogen-bond donors (Lipinski definition) is 1. The van der Waals surface area contributed by atoms with Crippen LogP contribution in [-0.4, -0.2) is 11.7 Å². The zero-order chi connectivity index (χ0) is 8.27. The van der Waals surface area contributed by atoms with Gasteiger partial charge in [-0.3, -0.25) is 9.98 Å². The Bertz CT molecular complexity index is 291. The normalized spacial score (nSPS) is 9.09. The molecule has 0 saturated carbocycles. The first-order chi connectivity index (χ1) is 5.27. The maximum Gasteiger partial charge on any atom is 0.0899 e. The van der Waals surface area contributed by atoms with Crippen LogP contribution in [0.4, 0.5) is 11.4 Å². The lowest BCUT2D eigenvalue weighted by Crippen LogP contribution is -1.88. The molecule has 0 aliphatic rings. The number of pyridine rings is 1. The summed E-state index contributed by atoms with van der Waals surface area (Å²) in [7, 11) is 0. The summed E-state index contributed by atoms with van der Waals surface area (Å²) < 4.78 is 0. The minimum Gasteiger partial charge on any atom is -0.397 e. The van der Waals surface area contributed by atoms with Gasteiger partial charge in [0.1, 0.15) is 0 Å². The smallest absolute Gasteiger partial charge is 0.0899 e. The van der Waals surface area contributed by atoms with Crippen LogP contribution in [0.2, 0.25) is 0 Å². The number of aliphatic imine (C=N–C) groups is 1. The second-order valence-electron chi connectivity index (χ2n) is 2.04. The fourth-order valence-corrected chi connectivity index (χ4v) is 0.763. The molecule has 56 valence electrons. The summed E-state index contributed by atoms with van der Waals surface area (Å²) >= 11 is 0. The summed E-state index contributed by atoms with van der Waals surface area (Å²) in [4.78, 5) is 7.73. The van der Waals surface area contributed by atoms with Crippen molar-refractivity contribution in [2.24, 2.45) is 4.99 Å². The first-order valence-electron chi connectivity index (χ1n) is 3.12. The predicted octanol–water partition coefficient (Wildman–Crippen LogP) is 1.64. The zero-order valence-electron chi connectivity index (χ0n) is 6.12. The van der Waals surface area contributed by atoms with Crippen LogP contribution >= 0.6 is 0 Å². The number of aromatic nitrogens is 1. The molecule has 1 heterocycles. The summed E-state index contributed by atoms with van der Waals surface area (Å²) in [5.41, 5.74) is 7.42. The molecule has 2 N–H and O–H groups in total. The van der Waals surface area contributed by atoms with Crippen molar-refractivity contribution in [3.8, 4) is 0 Å². The van der Waals surface area contributed by atoms with Crippen molar-refractivity contribution < 1.29 is 0 Å². The van der Waals surface area contributed by atoms with Crippen molar-refractivity contribution in [3.63, 3.8) is 0 Å². The Balaban J connectivity index is 3.26. The average Bonchev–Trinajstić information content (AvgIpc) is 2.04. The second kappa shape index (κ2) is 2.96. The highest BCUT2D eigenvalue weighted by Crippen LogP contribution is 2.19. The van der Waals surface area contributed by atoms with Gasteiger partial charge in [-0.15, -0.1) is 0 Å².